The molecule has 6 heteroatoms. The van der Waals surface area contributed by atoms with Crippen molar-refractivity contribution in [3.05, 3.63) is 47.1 Å². The Balaban J connectivity index is 2.29. The van der Waals surface area contributed by atoms with Gasteiger partial charge in [-0.2, -0.15) is 5.10 Å². The first-order valence-corrected chi connectivity index (χ1v) is 5.03. The fourth-order valence-corrected chi connectivity index (χ4v) is 1.39. The van der Waals surface area contributed by atoms with Gasteiger partial charge in [0.25, 0.3) is 0 Å². The summed E-state index contributed by atoms with van der Waals surface area (Å²) >= 11 is 5.73. The van der Waals surface area contributed by atoms with Gasteiger partial charge in [-0.15, -0.1) is 5.10 Å². The van der Waals surface area contributed by atoms with Crippen molar-refractivity contribution in [2.75, 3.05) is 0 Å². The zero-order valence-corrected chi connectivity index (χ0v) is 9.26. The van der Waals surface area contributed by atoms with Crippen molar-refractivity contribution in [3.8, 4) is 11.6 Å². The molecule has 0 spiro atoms. The summed E-state index contributed by atoms with van der Waals surface area (Å²) < 4.78 is 5.33. The summed E-state index contributed by atoms with van der Waals surface area (Å²) in [5, 5.41) is 16.4. The SMILES string of the molecule is O=C(O)c1cc(Oc2cccnn2)ccc1Cl. The minimum absolute atomic E-state index is 0.0203. The van der Waals surface area contributed by atoms with Gasteiger partial charge in [-0.1, -0.05) is 11.6 Å². The van der Waals surface area contributed by atoms with Crippen molar-refractivity contribution in [2.24, 2.45) is 0 Å². The maximum Gasteiger partial charge on any atom is 0.337 e. The fourth-order valence-electron chi connectivity index (χ4n) is 1.19. The smallest absolute Gasteiger partial charge is 0.337 e. The Hall–Kier alpha value is -2.14. The number of carboxylic acids is 1. The van der Waals surface area contributed by atoms with Gasteiger partial charge in [-0.25, -0.2) is 4.79 Å². The largest absolute Gasteiger partial charge is 0.478 e. The Labute approximate surface area is 102 Å². The summed E-state index contributed by atoms with van der Waals surface area (Å²) in [7, 11) is 0. The molecule has 1 aromatic carbocycles. The van der Waals surface area contributed by atoms with E-state index in [0.29, 0.717) is 5.75 Å². The van der Waals surface area contributed by atoms with Crippen molar-refractivity contribution in [2.45, 2.75) is 0 Å². The first-order chi connectivity index (χ1) is 8.16. The van der Waals surface area contributed by atoms with Crippen LogP contribution in [0.15, 0.2) is 36.5 Å². The van der Waals surface area contributed by atoms with Crippen LogP contribution in [-0.4, -0.2) is 21.3 Å². The third kappa shape index (κ3) is 2.70. The van der Waals surface area contributed by atoms with Gasteiger partial charge >= 0.3 is 5.97 Å². The standard InChI is InChI=1S/C11H7ClN2O3/c12-9-4-3-7(6-8(9)11(15)16)17-10-2-1-5-13-14-10/h1-6H,(H,15,16). The second kappa shape index (κ2) is 4.80. The summed E-state index contributed by atoms with van der Waals surface area (Å²) in [6, 6.07) is 7.62. The van der Waals surface area contributed by atoms with Crippen molar-refractivity contribution >= 4 is 17.6 Å². The molecule has 86 valence electrons. The van der Waals surface area contributed by atoms with E-state index in [0.717, 1.165) is 0 Å². The predicted octanol–water partition coefficient (Wildman–Crippen LogP) is 2.62. The van der Waals surface area contributed by atoms with Gasteiger partial charge in [-0.05, 0) is 24.3 Å². The summed E-state index contributed by atoms with van der Waals surface area (Å²) in [5.41, 5.74) is -0.0203. The molecule has 2 rings (SSSR count). The molecule has 17 heavy (non-hydrogen) atoms. The third-order valence-corrected chi connectivity index (χ3v) is 2.27. The Bertz CT molecular complexity index is 546. The molecule has 1 heterocycles. The molecular formula is C11H7ClN2O3. The van der Waals surface area contributed by atoms with E-state index in [-0.39, 0.29) is 16.5 Å². The van der Waals surface area contributed by atoms with Crippen LogP contribution in [0.4, 0.5) is 0 Å². The fraction of sp³-hybridized carbons (Fsp3) is 0. The predicted molar refractivity (Wildman–Crippen MR) is 60.5 cm³/mol. The quantitative estimate of drug-likeness (QED) is 0.907. The second-order valence-corrected chi connectivity index (χ2v) is 3.52. The minimum Gasteiger partial charge on any atom is -0.478 e. The minimum atomic E-state index is -1.11. The Morgan fingerprint density at radius 3 is 2.82 bits per heavy atom. The number of hydrogen-bond acceptors (Lipinski definition) is 4. The van der Waals surface area contributed by atoms with Crippen molar-refractivity contribution < 1.29 is 14.6 Å². The summed E-state index contributed by atoms with van der Waals surface area (Å²) in [5.74, 6) is -0.488. The van der Waals surface area contributed by atoms with Gasteiger partial charge in [0.15, 0.2) is 0 Å². The maximum absolute atomic E-state index is 10.9. The molecule has 0 unspecified atom stereocenters. The van der Waals surface area contributed by atoms with Crippen molar-refractivity contribution in [3.63, 3.8) is 0 Å². The van der Waals surface area contributed by atoms with E-state index in [9.17, 15) is 4.79 Å². The molecule has 0 saturated carbocycles. The van der Waals surface area contributed by atoms with Gasteiger partial charge in [0.2, 0.25) is 5.88 Å². The average Bonchev–Trinajstić information content (AvgIpc) is 2.32. The molecule has 0 aliphatic carbocycles. The number of halogens is 1. The van der Waals surface area contributed by atoms with Gasteiger partial charge in [0.1, 0.15) is 5.75 Å². The van der Waals surface area contributed by atoms with E-state index in [1.165, 1.54) is 18.3 Å². The number of carboxylic acid groups (broad SMARTS) is 1. The van der Waals surface area contributed by atoms with Gasteiger partial charge in [0, 0.05) is 12.3 Å². The number of aromatic nitrogens is 2. The molecular weight excluding hydrogens is 244 g/mol. The topological polar surface area (TPSA) is 72.3 Å². The molecule has 2 aromatic rings. The van der Waals surface area contributed by atoms with Crippen LogP contribution in [-0.2, 0) is 0 Å². The van der Waals surface area contributed by atoms with Crippen LogP contribution in [0, 0.1) is 0 Å². The zero-order valence-electron chi connectivity index (χ0n) is 8.50. The first kappa shape index (κ1) is 11.3. The van der Waals surface area contributed by atoms with Crippen LogP contribution in [0.5, 0.6) is 11.6 Å². The number of hydrogen-bond donors (Lipinski definition) is 1. The molecule has 0 saturated heterocycles. The molecule has 0 aliphatic rings. The number of benzene rings is 1. The lowest BCUT2D eigenvalue weighted by atomic mass is 10.2. The lowest BCUT2D eigenvalue weighted by Gasteiger charge is -2.05. The zero-order chi connectivity index (χ0) is 12.3. The second-order valence-electron chi connectivity index (χ2n) is 3.11. The Morgan fingerprint density at radius 1 is 1.35 bits per heavy atom. The van der Waals surface area contributed by atoms with Crippen LogP contribution in [0.3, 0.4) is 0 Å². The number of aromatic carboxylic acids is 1. The number of ether oxygens (including phenoxy) is 1. The van der Waals surface area contributed by atoms with E-state index < -0.39 is 5.97 Å². The maximum atomic E-state index is 10.9. The van der Waals surface area contributed by atoms with Crippen LogP contribution in [0.1, 0.15) is 10.4 Å². The van der Waals surface area contributed by atoms with E-state index in [1.54, 1.807) is 18.2 Å². The van der Waals surface area contributed by atoms with Crippen molar-refractivity contribution in [1.29, 1.82) is 0 Å². The molecule has 0 radical (unpaired) electrons. The first-order valence-electron chi connectivity index (χ1n) is 4.65. The normalized spacial score (nSPS) is 9.94. The summed E-state index contributed by atoms with van der Waals surface area (Å²) in [6.45, 7) is 0. The lowest BCUT2D eigenvalue weighted by molar-refractivity contribution is 0.0696. The van der Waals surface area contributed by atoms with Gasteiger partial charge in [0.05, 0.1) is 10.6 Å². The highest BCUT2D eigenvalue weighted by atomic mass is 35.5. The molecule has 0 amide bonds. The highest BCUT2D eigenvalue weighted by Gasteiger charge is 2.10. The average molecular weight is 251 g/mol. The Kier molecular flexibility index (Phi) is 3.20. The van der Waals surface area contributed by atoms with Gasteiger partial charge in [-0.3, -0.25) is 0 Å². The highest BCUT2D eigenvalue weighted by molar-refractivity contribution is 6.33. The van der Waals surface area contributed by atoms with E-state index in [4.69, 9.17) is 21.4 Å². The molecule has 1 aromatic heterocycles. The van der Waals surface area contributed by atoms with E-state index in [1.807, 2.05) is 0 Å². The highest BCUT2D eigenvalue weighted by Crippen LogP contribution is 2.25. The number of nitrogens with zero attached hydrogens (tertiary/aromatic N) is 2. The van der Waals surface area contributed by atoms with Crippen LogP contribution in [0.25, 0.3) is 0 Å². The van der Waals surface area contributed by atoms with E-state index in [2.05, 4.69) is 10.2 Å². The molecule has 0 fully saturated rings. The number of rotatable bonds is 3. The number of carbonyl (C=O) groups is 1. The van der Waals surface area contributed by atoms with Crippen LogP contribution >= 0.6 is 11.6 Å². The molecule has 0 aliphatic heterocycles. The molecule has 5 nitrogen and oxygen atoms in total. The Morgan fingerprint density at radius 2 is 2.18 bits per heavy atom. The monoisotopic (exact) mass is 250 g/mol. The summed E-state index contributed by atoms with van der Waals surface area (Å²) in [6.07, 6.45) is 1.51. The van der Waals surface area contributed by atoms with Crippen LogP contribution in [0.2, 0.25) is 5.02 Å². The third-order valence-electron chi connectivity index (χ3n) is 1.94. The molecule has 1 N–H and O–H groups in total. The van der Waals surface area contributed by atoms with Crippen LogP contribution < -0.4 is 4.74 Å². The molecule has 0 atom stereocenters. The van der Waals surface area contributed by atoms with E-state index >= 15 is 0 Å². The lowest BCUT2D eigenvalue weighted by Crippen LogP contribution is -1.98. The molecule has 0 bridgehead atoms. The van der Waals surface area contributed by atoms with Crippen molar-refractivity contribution in [1.82, 2.24) is 10.2 Å². The van der Waals surface area contributed by atoms with Gasteiger partial charge < -0.3 is 9.84 Å². The summed E-state index contributed by atoms with van der Waals surface area (Å²) in [4.78, 5) is 10.9.